The van der Waals surface area contributed by atoms with Crippen LogP contribution in [-0.2, 0) is 0 Å². The van der Waals surface area contributed by atoms with E-state index in [0.717, 1.165) is 77.6 Å². The molecule has 42 heavy (non-hydrogen) atoms. The van der Waals surface area contributed by atoms with Crippen molar-refractivity contribution >= 4 is 72.0 Å². The van der Waals surface area contributed by atoms with Crippen LogP contribution in [-0.4, -0.2) is 4.98 Å². The van der Waals surface area contributed by atoms with Crippen molar-refractivity contribution in [3.8, 4) is 11.5 Å². The van der Waals surface area contributed by atoms with Gasteiger partial charge in [-0.2, -0.15) is 0 Å². The van der Waals surface area contributed by atoms with Crippen LogP contribution in [0.3, 0.4) is 0 Å². The molecule has 5 nitrogen and oxygen atoms in total. The molecule has 9 rings (SSSR count). The Balaban J connectivity index is 1.23. The monoisotopic (exact) mass is 542 g/mol. The number of fused-ring (bicyclic) bond motifs is 7. The Labute approximate surface area is 239 Å². The highest BCUT2D eigenvalue weighted by Crippen LogP contribution is 2.44. The summed E-state index contributed by atoms with van der Waals surface area (Å²) < 4.78 is 18.8. The number of para-hydroxylation sites is 2. The van der Waals surface area contributed by atoms with Crippen molar-refractivity contribution in [2.45, 2.75) is 0 Å². The highest BCUT2D eigenvalue weighted by Gasteiger charge is 2.21. The summed E-state index contributed by atoms with van der Waals surface area (Å²) in [5.74, 6) is 0.601. The van der Waals surface area contributed by atoms with Gasteiger partial charge in [0.25, 0.3) is 0 Å². The van der Waals surface area contributed by atoms with E-state index in [1.165, 1.54) is 0 Å². The minimum Gasteiger partial charge on any atom is -0.456 e. The van der Waals surface area contributed by atoms with Gasteiger partial charge in [0.05, 0.1) is 11.1 Å². The summed E-state index contributed by atoms with van der Waals surface area (Å²) in [6, 6.07) is 45.1. The molecular formula is C37H22N2O3. The summed E-state index contributed by atoms with van der Waals surface area (Å²) in [6.45, 7) is 0. The second-order valence-corrected chi connectivity index (χ2v) is 10.4. The van der Waals surface area contributed by atoms with Gasteiger partial charge in [-0.05, 0) is 60.7 Å². The van der Waals surface area contributed by atoms with Crippen molar-refractivity contribution in [3.63, 3.8) is 0 Å². The topological polar surface area (TPSA) is 55.6 Å². The predicted molar refractivity (Wildman–Crippen MR) is 169 cm³/mol. The number of anilines is 3. The molecule has 0 saturated carbocycles. The molecule has 0 saturated heterocycles. The van der Waals surface area contributed by atoms with Crippen LogP contribution in [0, 0.1) is 0 Å². The van der Waals surface area contributed by atoms with Gasteiger partial charge in [0.15, 0.2) is 5.58 Å². The van der Waals surface area contributed by atoms with Gasteiger partial charge in [0.2, 0.25) is 5.89 Å². The van der Waals surface area contributed by atoms with E-state index in [0.29, 0.717) is 5.89 Å². The second-order valence-electron chi connectivity index (χ2n) is 10.4. The first kappa shape index (κ1) is 22.9. The average Bonchev–Trinajstić information content (AvgIpc) is 3.73. The zero-order valence-electron chi connectivity index (χ0n) is 22.3. The molecule has 0 radical (unpaired) electrons. The first-order chi connectivity index (χ1) is 20.8. The number of benzene rings is 6. The highest BCUT2D eigenvalue weighted by atomic mass is 16.4. The van der Waals surface area contributed by atoms with Crippen LogP contribution in [0.2, 0.25) is 0 Å². The van der Waals surface area contributed by atoms with E-state index < -0.39 is 0 Å². The zero-order chi connectivity index (χ0) is 27.6. The van der Waals surface area contributed by atoms with Crippen LogP contribution in [0.1, 0.15) is 0 Å². The number of nitrogens with zero attached hydrogens (tertiary/aromatic N) is 2. The number of rotatable bonds is 4. The summed E-state index contributed by atoms with van der Waals surface area (Å²) in [5.41, 5.74) is 8.80. The van der Waals surface area contributed by atoms with Crippen LogP contribution in [0.25, 0.3) is 66.4 Å². The molecule has 3 heterocycles. The van der Waals surface area contributed by atoms with Crippen LogP contribution in [0.4, 0.5) is 17.1 Å². The van der Waals surface area contributed by atoms with Crippen molar-refractivity contribution in [2.24, 2.45) is 0 Å². The molecule has 0 unspecified atom stereocenters. The van der Waals surface area contributed by atoms with E-state index in [1.807, 2.05) is 72.8 Å². The lowest BCUT2D eigenvalue weighted by molar-refractivity contribution is 0.620. The van der Waals surface area contributed by atoms with Crippen molar-refractivity contribution in [2.75, 3.05) is 4.90 Å². The number of aromatic nitrogens is 1. The maximum atomic E-state index is 6.45. The number of hydrogen-bond donors (Lipinski definition) is 0. The van der Waals surface area contributed by atoms with Gasteiger partial charge < -0.3 is 18.2 Å². The molecule has 5 heteroatoms. The maximum absolute atomic E-state index is 6.45. The standard InChI is InChI=1S/C37H22N2O3/c1-3-10-23(11-4-1)37-38-29-22-34-28(21-35(29)42-37)26-19-18-25(20-33(26)41-34)39(24-12-5-2-6-13-24)30-15-9-17-32-36(30)27-14-7-8-16-31(27)40-32/h1-22H. The third kappa shape index (κ3) is 3.47. The smallest absolute Gasteiger partial charge is 0.227 e. The molecule has 0 aliphatic rings. The summed E-state index contributed by atoms with van der Waals surface area (Å²) in [5, 5.41) is 4.17. The van der Waals surface area contributed by atoms with E-state index in [4.69, 9.17) is 18.2 Å². The largest absolute Gasteiger partial charge is 0.456 e. The fourth-order valence-corrected chi connectivity index (χ4v) is 5.98. The molecule has 6 aromatic carbocycles. The molecule has 9 aromatic rings. The fourth-order valence-electron chi connectivity index (χ4n) is 5.98. The quantitative estimate of drug-likeness (QED) is 0.221. The molecule has 0 fully saturated rings. The van der Waals surface area contributed by atoms with Gasteiger partial charge in [-0.1, -0.05) is 60.7 Å². The van der Waals surface area contributed by atoms with Gasteiger partial charge >= 0.3 is 0 Å². The molecule has 0 aliphatic heterocycles. The Hall–Kier alpha value is -5.81. The zero-order valence-corrected chi connectivity index (χ0v) is 22.3. The Morgan fingerprint density at radius 3 is 2.07 bits per heavy atom. The van der Waals surface area contributed by atoms with Crippen molar-refractivity contribution < 1.29 is 13.3 Å². The van der Waals surface area contributed by atoms with Crippen LogP contribution < -0.4 is 4.90 Å². The summed E-state index contributed by atoms with van der Waals surface area (Å²) >= 11 is 0. The number of oxazole rings is 1. The Kier molecular flexibility index (Phi) is 4.83. The molecule has 0 N–H and O–H groups in total. The van der Waals surface area contributed by atoms with Crippen molar-refractivity contribution in [1.29, 1.82) is 0 Å². The maximum Gasteiger partial charge on any atom is 0.227 e. The SMILES string of the molecule is c1ccc(-c2nc3cc4oc5cc(N(c6ccccc6)c6cccc7oc8ccccc8c67)ccc5c4cc3o2)cc1. The minimum absolute atomic E-state index is 0.601. The lowest BCUT2D eigenvalue weighted by atomic mass is 10.1. The fraction of sp³-hybridized carbons (Fsp3) is 0. The molecule has 0 bridgehead atoms. The average molecular weight is 543 g/mol. The summed E-state index contributed by atoms with van der Waals surface area (Å²) in [7, 11) is 0. The Morgan fingerprint density at radius 2 is 1.19 bits per heavy atom. The number of furan rings is 2. The molecule has 3 aromatic heterocycles. The van der Waals surface area contributed by atoms with Crippen LogP contribution >= 0.6 is 0 Å². The van der Waals surface area contributed by atoms with Gasteiger partial charge in [0, 0.05) is 45.2 Å². The van der Waals surface area contributed by atoms with Gasteiger partial charge in [0.1, 0.15) is 27.8 Å². The molecule has 0 atom stereocenters. The number of hydrogen-bond acceptors (Lipinski definition) is 5. The minimum atomic E-state index is 0.601. The van der Waals surface area contributed by atoms with Crippen molar-refractivity contribution in [3.05, 3.63) is 133 Å². The molecular weight excluding hydrogens is 520 g/mol. The van der Waals surface area contributed by atoms with Crippen LogP contribution in [0.5, 0.6) is 0 Å². The molecule has 0 aliphatic carbocycles. The molecule has 0 amide bonds. The molecule has 198 valence electrons. The second kappa shape index (κ2) is 8.85. The lowest BCUT2D eigenvalue weighted by Gasteiger charge is -2.26. The van der Waals surface area contributed by atoms with E-state index in [2.05, 4.69) is 65.6 Å². The lowest BCUT2D eigenvalue weighted by Crippen LogP contribution is -2.10. The summed E-state index contributed by atoms with van der Waals surface area (Å²) in [4.78, 5) is 6.99. The van der Waals surface area contributed by atoms with E-state index >= 15 is 0 Å². The van der Waals surface area contributed by atoms with Crippen molar-refractivity contribution in [1.82, 2.24) is 4.98 Å². The Bertz CT molecular complexity index is 2420. The summed E-state index contributed by atoms with van der Waals surface area (Å²) in [6.07, 6.45) is 0. The third-order valence-electron chi connectivity index (χ3n) is 7.88. The van der Waals surface area contributed by atoms with E-state index in [-0.39, 0.29) is 0 Å². The van der Waals surface area contributed by atoms with Gasteiger partial charge in [-0.3, -0.25) is 0 Å². The first-order valence-electron chi connectivity index (χ1n) is 13.9. The Morgan fingerprint density at radius 1 is 0.452 bits per heavy atom. The van der Waals surface area contributed by atoms with Gasteiger partial charge in [-0.25, -0.2) is 4.98 Å². The first-order valence-corrected chi connectivity index (χ1v) is 13.9. The normalized spacial score (nSPS) is 11.8. The van der Waals surface area contributed by atoms with E-state index in [1.54, 1.807) is 0 Å². The van der Waals surface area contributed by atoms with E-state index in [9.17, 15) is 0 Å². The highest BCUT2D eigenvalue weighted by molar-refractivity contribution is 6.14. The molecule has 0 spiro atoms. The predicted octanol–water partition coefficient (Wildman–Crippen LogP) is 10.8. The van der Waals surface area contributed by atoms with Gasteiger partial charge in [-0.15, -0.1) is 0 Å². The van der Waals surface area contributed by atoms with Crippen LogP contribution in [0.15, 0.2) is 147 Å². The third-order valence-corrected chi connectivity index (χ3v) is 7.88.